The maximum Gasteiger partial charge on any atom is 0.162 e. The fraction of sp³-hybridized carbons (Fsp3) is 0.381. The average Bonchev–Trinajstić information content (AvgIpc) is 2.64. The quantitative estimate of drug-likeness (QED) is 0.594. The van der Waals surface area contributed by atoms with Crippen molar-refractivity contribution >= 4 is 17.4 Å². The van der Waals surface area contributed by atoms with Crippen LogP contribution in [0.4, 0.5) is 4.39 Å². The second-order valence-corrected chi connectivity index (χ2v) is 7.57. The number of aliphatic hydroxyl groups is 1. The number of nitrogens with zero attached hydrogens (tertiary/aromatic N) is 1. The molecular weight excluding hydrogens is 353 g/mol. The second kappa shape index (κ2) is 8.30. The first-order valence-electron chi connectivity index (χ1n) is 8.94. The van der Waals surface area contributed by atoms with Crippen LogP contribution in [0.3, 0.4) is 0 Å². The average molecular weight is 376 g/mol. The predicted molar refractivity (Wildman–Crippen MR) is 101 cm³/mol. The van der Waals surface area contributed by atoms with Gasteiger partial charge in [0.25, 0.3) is 0 Å². The Bertz CT molecular complexity index is 733. The number of piperidine rings is 1. The zero-order valence-electron chi connectivity index (χ0n) is 14.6. The molecule has 0 amide bonds. The lowest BCUT2D eigenvalue weighted by molar-refractivity contribution is 0.0110. The largest absolute Gasteiger partial charge is 0.375 e. The van der Waals surface area contributed by atoms with E-state index in [1.807, 2.05) is 30.3 Å². The van der Waals surface area contributed by atoms with E-state index in [2.05, 4.69) is 4.90 Å². The molecular formula is C21H23ClFNO2. The summed E-state index contributed by atoms with van der Waals surface area (Å²) in [4.78, 5) is 14.5. The van der Waals surface area contributed by atoms with Crippen LogP contribution in [-0.2, 0) is 0 Å². The molecule has 1 saturated heterocycles. The molecule has 3 nitrogen and oxygen atoms in total. The molecule has 2 atom stereocenters. The number of hydrogen-bond acceptors (Lipinski definition) is 3. The van der Waals surface area contributed by atoms with E-state index in [1.54, 1.807) is 0 Å². The van der Waals surface area contributed by atoms with Crippen molar-refractivity contribution < 1.29 is 14.3 Å². The molecule has 2 aromatic carbocycles. The van der Waals surface area contributed by atoms with E-state index < -0.39 is 5.06 Å². The van der Waals surface area contributed by atoms with E-state index in [0.29, 0.717) is 37.8 Å². The van der Waals surface area contributed by atoms with Crippen LogP contribution in [-0.4, -0.2) is 33.9 Å². The van der Waals surface area contributed by atoms with E-state index >= 15 is 0 Å². The highest BCUT2D eigenvalue weighted by Crippen LogP contribution is 2.38. The molecule has 2 unspecified atom stereocenters. The number of likely N-dealkylation sites (tertiary alicyclic amines) is 1. The minimum atomic E-state index is -1.18. The summed E-state index contributed by atoms with van der Waals surface area (Å²) in [5.41, 5.74) is 1.66. The molecule has 1 aliphatic rings. The Hall–Kier alpha value is -1.75. The van der Waals surface area contributed by atoms with E-state index in [9.17, 15) is 14.3 Å². The molecule has 0 aromatic heterocycles. The third kappa shape index (κ3) is 4.91. The number of alkyl halides is 1. The van der Waals surface area contributed by atoms with Crippen molar-refractivity contribution in [3.05, 3.63) is 71.5 Å². The highest BCUT2D eigenvalue weighted by Gasteiger charge is 2.37. The minimum Gasteiger partial charge on any atom is -0.375 e. The Morgan fingerprint density at radius 2 is 1.88 bits per heavy atom. The van der Waals surface area contributed by atoms with Gasteiger partial charge in [-0.05, 0) is 42.8 Å². The van der Waals surface area contributed by atoms with Crippen LogP contribution in [0.15, 0.2) is 54.6 Å². The number of halogens is 2. The highest BCUT2D eigenvalue weighted by atomic mass is 35.5. The monoisotopic (exact) mass is 375 g/mol. The first kappa shape index (κ1) is 19.0. The van der Waals surface area contributed by atoms with E-state index in [-0.39, 0.29) is 17.6 Å². The predicted octanol–water partition coefficient (Wildman–Crippen LogP) is 4.55. The number of carbonyl (C=O) groups is 1. The summed E-state index contributed by atoms with van der Waals surface area (Å²) in [5, 5.41) is 9.08. The maximum atomic E-state index is 13.0. The summed E-state index contributed by atoms with van der Waals surface area (Å²) in [6, 6.07) is 15.7. The van der Waals surface area contributed by atoms with E-state index in [0.717, 1.165) is 12.1 Å². The Morgan fingerprint density at radius 1 is 1.19 bits per heavy atom. The van der Waals surface area contributed by atoms with Crippen molar-refractivity contribution in [1.29, 1.82) is 0 Å². The van der Waals surface area contributed by atoms with Crippen LogP contribution >= 0.6 is 11.6 Å². The van der Waals surface area contributed by atoms with Crippen LogP contribution in [0.25, 0.3) is 0 Å². The van der Waals surface area contributed by atoms with Gasteiger partial charge in [-0.2, -0.15) is 0 Å². The smallest absolute Gasteiger partial charge is 0.162 e. The van der Waals surface area contributed by atoms with Gasteiger partial charge in [0.1, 0.15) is 10.9 Å². The van der Waals surface area contributed by atoms with Crippen molar-refractivity contribution in [2.24, 2.45) is 0 Å². The molecule has 0 radical (unpaired) electrons. The first-order valence-corrected chi connectivity index (χ1v) is 9.31. The molecule has 26 heavy (non-hydrogen) atoms. The summed E-state index contributed by atoms with van der Waals surface area (Å²) in [5.74, 6) is -0.318. The number of hydrogen-bond donors (Lipinski definition) is 1. The summed E-state index contributed by atoms with van der Waals surface area (Å²) >= 11 is 6.20. The topological polar surface area (TPSA) is 40.5 Å². The summed E-state index contributed by atoms with van der Waals surface area (Å²) in [7, 11) is 0. The van der Waals surface area contributed by atoms with Crippen LogP contribution in [0.1, 0.15) is 47.6 Å². The summed E-state index contributed by atoms with van der Waals surface area (Å²) < 4.78 is 13.0. The Kier molecular flexibility index (Phi) is 6.07. The lowest BCUT2D eigenvalue weighted by atomic mass is 9.92. The summed E-state index contributed by atoms with van der Waals surface area (Å²) in [6.45, 7) is 1.43. The van der Waals surface area contributed by atoms with Gasteiger partial charge in [-0.15, -0.1) is 0 Å². The number of benzene rings is 2. The van der Waals surface area contributed by atoms with Gasteiger partial charge >= 0.3 is 0 Å². The number of carbonyl (C=O) groups excluding carboxylic acids is 1. The van der Waals surface area contributed by atoms with Gasteiger partial charge in [0, 0.05) is 37.4 Å². The maximum absolute atomic E-state index is 13.0. The normalized spacial score (nSPS) is 23.7. The van der Waals surface area contributed by atoms with Crippen molar-refractivity contribution in [1.82, 2.24) is 4.90 Å². The Labute approximate surface area is 158 Å². The van der Waals surface area contributed by atoms with Crippen LogP contribution in [0.5, 0.6) is 0 Å². The van der Waals surface area contributed by atoms with Gasteiger partial charge in [0.05, 0.1) is 0 Å². The zero-order chi connectivity index (χ0) is 18.6. The fourth-order valence-corrected chi connectivity index (χ4v) is 3.72. The fourth-order valence-electron chi connectivity index (χ4n) is 3.49. The number of rotatable bonds is 6. The molecule has 0 saturated carbocycles. The zero-order valence-corrected chi connectivity index (χ0v) is 15.3. The van der Waals surface area contributed by atoms with E-state index in [1.165, 1.54) is 24.3 Å². The highest BCUT2D eigenvalue weighted by molar-refractivity contribution is 6.22. The lowest BCUT2D eigenvalue weighted by Gasteiger charge is -2.41. The van der Waals surface area contributed by atoms with Crippen LogP contribution in [0.2, 0.25) is 0 Å². The van der Waals surface area contributed by atoms with Crippen LogP contribution < -0.4 is 0 Å². The molecule has 0 bridgehead atoms. The molecule has 1 aliphatic heterocycles. The minimum absolute atomic E-state index is 0.0205. The van der Waals surface area contributed by atoms with Crippen LogP contribution in [0, 0.1) is 5.82 Å². The molecule has 1 N–H and O–H groups in total. The van der Waals surface area contributed by atoms with Gasteiger partial charge in [-0.25, -0.2) is 4.39 Å². The lowest BCUT2D eigenvalue weighted by Crippen LogP contribution is -2.43. The SMILES string of the molecule is O=C(CCCN1CCC(O)(Cl)CC1c1ccccc1)c1ccc(F)cc1. The second-order valence-electron chi connectivity index (χ2n) is 6.87. The van der Waals surface area contributed by atoms with Crippen molar-refractivity contribution in [2.75, 3.05) is 13.1 Å². The van der Waals surface area contributed by atoms with Gasteiger partial charge in [-0.1, -0.05) is 41.9 Å². The molecule has 3 rings (SSSR count). The summed E-state index contributed by atoms with van der Waals surface area (Å²) in [6.07, 6.45) is 2.09. The Balaban J connectivity index is 1.60. The molecule has 1 heterocycles. The first-order chi connectivity index (χ1) is 12.4. The number of ketones is 1. The third-order valence-corrected chi connectivity index (χ3v) is 5.27. The van der Waals surface area contributed by atoms with E-state index in [4.69, 9.17) is 11.6 Å². The van der Waals surface area contributed by atoms with Gasteiger partial charge in [0.2, 0.25) is 0 Å². The molecule has 1 fully saturated rings. The molecule has 138 valence electrons. The molecule has 5 heteroatoms. The molecule has 2 aromatic rings. The molecule has 0 aliphatic carbocycles. The molecule has 0 spiro atoms. The van der Waals surface area contributed by atoms with Gasteiger partial charge in [0.15, 0.2) is 5.78 Å². The van der Waals surface area contributed by atoms with Crippen molar-refractivity contribution in [2.45, 2.75) is 36.8 Å². The third-order valence-electron chi connectivity index (χ3n) is 4.93. The van der Waals surface area contributed by atoms with Crippen molar-refractivity contribution in [3.8, 4) is 0 Å². The van der Waals surface area contributed by atoms with Gasteiger partial charge < -0.3 is 5.11 Å². The standard InChI is InChI=1S/C21H23ClFNO2/c22-21(26)12-14-24(19(15-21)16-5-2-1-3-6-16)13-4-7-20(25)17-8-10-18(23)11-9-17/h1-3,5-6,8-11,19,26H,4,7,12-15H2. The van der Waals surface area contributed by atoms with Crippen molar-refractivity contribution in [3.63, 3.8) is 0 Å². The number of Topliss-reactive ketones (excluding diaryl/α,β-unsaturated/α-hetero) is 1. The van der Waals surface area contributed by atoms with Gasteiger partial charge in [-0.3, -0.25) is 9.69 Å². The Morgan fingerprint density at radius 3 is 2.58 bits per heavy atom.